The van der Waals surface area contributed by atoms with Gasteiger partial charge >= 0.3 is 0 Å². The van der Waals surface area contributed by atoms with Crippen molar-refractivity contribution in [3.05, 3.63) is 62.6 Å². The first-order valence-electron chi connectivity index (χ1n) is 8.45. The fourth-order valence-corrected chi connectivity index (χ4v) is 3.02. The van der Waals surface area contributed by atoms with E-state index in [0.29, 0.717) is 28.0 Å². The smallest absolute Gasteiger partial charge is 0.282 e. The molecule has 0 bridgehead atoms. The molecule has 0 unspecified atom stereocenters. The Balaban J connectivity index is 2.06. The number of aromatic nitrogens is 2. The van der Waals surface area contributed by atoms with E-state index in [2.05, 4.69) is 26.0 Å². The van der Waals surface area contributed by atoms with Gasteiger partial charge in [-0.2, -0.15) is 15.0 Å². The molecule has 7 nitrogen and oxygen atoms in total. The Morgan fingerprint density at radius 1 is 1.32 bits per heavy atom. The fourth-order valence-electron chi connectivity index (χ4n) is 2.66. The molecule has 3 aromatic rings. The lowest BCUT2D eigenvalue weighted by Gasteiger charge is -2.15. The van der Waals surface area contributed by atoms with Gasteiger partial charge in [-0.15, -0.1) is 0 Å². The van der Waals surface area contributed by atoms with E-state index in [1.165, 1.54) is 10.9 Å². The Hall–Kier alpha value is -3.18. The van der Waals surface area contributed by atoms with Crippen LogP contribution in [0.4, 0.5) is 5.69 Å². The van der Waals surface area contributed by atoms with Crippen molar-refractivity contribution in [2.45, 2.75) is 6.92 Å². The van der Waals surface area contributed by atoms with Gasteiger partial charge in [0, 0.05) is 35.9 Å². The first kappa shape index (κ1) is 19.6. The van der Waals surface area contributed by atoms with E-state index in [4.69, 9.17) is 10.00 Å². The highest BCUT2D eigenvalue weighted by Crippen LogP contribution is 2.24. The zero-order valence-electron chi connectivity index (χ0n) is 15.7. The highest BCUT2D eigenvalue weighted by molar-refractivity contribution is 9.10. The number of halogens is 1. The number of anilines is 1. The van der Waals surface area contributed by atoms with Crippen molar-refractivity contribution in [3.63, 3.8) is 0 Å². The minimum absolute atomic E-state index is 0.0811. The number of hydrogen-bond acceptors (Lipinski definition) is 6. The Bertz CT molecular complexity index is 1160. The number of ether oxygens (including phenoxy) is 1. The van der Waals surface area contributed by atoms with Crippen LogP contribution in [-0.2, 0) is 0 Å². The van der Waals surface area contributed by atoms with Crippen molar-refractivity contribution >= 4 is 38.7 Å². The first-order valence-corrected chi connectivity index (χ1v) is 9.24. The molecular formula is C20H18BrN5O2. The molecule has 0 saturated heterocycles. The second kappa shape index (κ2) is 8.23. The van der Waals surface area contributed by atoms with E-state index in [0.717, 1.165) is 10.2 Å². The summed E-state index contributed by atoms with van der Waals surface area (Å²) in [6.45, 7) is 1.64. The van der Waals surface area contributed by atoms with Gasteiger partial charge in [-0.1, -0.05) is 15.9 Å². The summed E-state index contributed by atoms with van der Waals surface area (Å²) in [5.74, 6) is 0.985. The van der Waals surface area contributed by atoms with E-state index < -0.39 is 0 Å². The molecule has 2 aromatic carbocycles. The van der Waals surface area contributed by atoms with Crippen LogP contribution in [0.1, 0.15) is 11.4 Å². The van der Waals surface area contributed by atoms with Crippen LogP contribution in [0.15, 0.2) is 50.8 Å². The van der Waals surface area contributed by atoms with Crippen LogP contribution >= 0.6 is 15.9 Å². The fraction of sp³-hybridized carbons (Fsp3) is 0.200. The predicted molar refractivity (Wildman–Crippen MR) is 113 cm³/mol. The summed E-state index contributed by atoms with van der Waals surface area (Å²) in [7, 11) is 3.83. The van der Waals surface area contributed by atoms with Gasteiger partial charge in [-0.3, -0.25) is 4.79 Å². The zero-order valence-corrected chi connectivity index (χ0v) is 17.3. The lowest BCUT2D eigenvalue weighted by Crippen LogP contribution is -2.20. The average molecular weight is 440 g/mol. The molecule has 3 rings (SSSR count). The summed E-state index contributed by atoms with van der Waals surface area (Å²) < 4.78 is 7.57. The number of fused-ring (bicyclic) bond motifs is 1. The maximum Gasteiger partial charge on any atom is 0.282 e. The quantitative estimate of drug-likeness (QED) is 0.569. The van der Waals surface area contributed by atoms with Gasteiger partial charge in [0.2, 0.25) is 0 Å². The van der Waals surface area contributed by atoms with Crippen molar-refractivity contribution in [2.24, 2.45) is 5.10 Å². The van der Waals surface area contributed by atoms with Gasteiger partial charge in [-0.25, -0.2) is 4.98 Å². The number of hydrogen-bond donors (Lipinski definition) is 0. The molecule has 142 valence electrons. The van der Waals surface area contributed by atoms with Gasteiger partial charge in [0.15, 0.2) is 6.61 Å². The van der Waals surface area contributed by atoms with Crippen LogP contribution in [-0.4, -0.2) is 36.6 Å². The lowest BCUT2D eigenvalue weighted by molar-refractivity contribution is 0.367. The third kappa shape index (κ3) is 4.05. The van der Waals surface area contributed by atoms with Gasteiger partial charge in [-0.05, 0) is 37.3 Å². The number of benzene rings is 2. The molecule has 0 aliphatic carbocycles. The summed E-state index contributed by atoms with van der Waals surface area (Å²) in [6.07, 6.45) is 1.53. The largest absolute Gasteiger partial charge is 0.478 e. The molecule has 0 fully saturated rings. The normalized spacial score (nSPS) is 11.0. The standard InChI is InChI=1S/C20H18BrN5O2/c1-13-24-18-7-5-15(21)10-17(18)20(27)26(13)23-12-14-4-6-16(25(2)3)11-19(14)28-9-8-22/h4-7,10-12H,9H2,1-3H3. The van der Waals surface area contributed by atoms with Crippen LogP contribution < -0.4 is 15.2 Å². The number of nitriles is 1. The highest BCUT2D eigenvalue weighted by Gasteiger charge is 2.09. The topological polar surface area (TPSA) is 83.5 Å². The van der Waals surface area contributed by atoms with Crippen LogP contribution in [0.5, 0.6) is 5.75 Å². The molecule has 0 saturated carbocycles. The van der Waals surface area contributed by atoms with Crippen molar-refractivity contribution in [3.8, 4) is 11.8 Å². The van der Waals surface area contributed by atoms with Crippen LogP contribution in [0.25, 0.3) is 10.9 Å². The van der Waals surface area contributed by atoms with E-state index in [-0.39, 0.29) is 12.2 Å². The highest BCUT2D eigenvalue weighted by atomic mass is 79.9. The Morgan fingerprint density at radius 3 is 2.82 bits per heavy atom. The second-order valence-corrected chi connectivity index (χ2v) is 7.16. The SMILES string of the molecule is Cc1nc2ccc(Br)cc2c(=O)n1N=Cc1ccc(N(C)C)cc1OCC#N. The van der Waals surface area contributed by atoms with Crippen LogP contribution in [0, 0.1) is 18.3 Å². The van der Waals surface area contributed by atoms with E-state index in [9.17, 15) is 4.79 Å². The maximum atomic E-state index is 12.8. The third-order valence-corrected chi connectivity index (χ3v) is 4.58. The Kier molecular flexibility index (Phi) is 5.76. The summed E-state index contributed by atoms with van der Waals surface area (Å²) in [6, 6.07) is 12.9. The van der Waals surface area contributed by atoms with Crippen molar-refractivity contribution < 1.29 is 4.74 Å². The number of nitrogens with zero attached hydrogens (tertiary/aromatic N) is 5. The van der Waals surface area contributed by atoms with E-state index in [1.807, 2.05) is 49.3 Å². The first-order chi connectivity index (χ1) is 13.4. The van der Waals surface area contributed by atoms with Gasteiger partial charge in [0.25, 0.3) is 5.56 Å². The zero-order chi connectivity index (χ0) is 20.3. The molecule has 8 heteroatoms. The summed E-state index contributed by atoms with van der Waals surface area (Å²) in [5.41, 5.74) is 1.94. The molecule has 0 aliphatic heterocycles. The van der Waals surface area contributed by atoms with Gasteiger partial charge < -0.3 is 9.64 Å². The average Bonchev–Trinajstić information content (AvgIpc) is 2.67. The summed E-state index contributed by atoms with van der Waals surface area (Å²) in [5, 5.41) is 13.6. The Morgan fingerprint density at radius 2 is 2.11 bits per heavy atom. The third-order valence-electron chi connectivity index (χ3n) is 4.09. The van der Waals surface area contributed by atoms with Crippen LogP contribution in [0.3, 0.4) is 0 Å². The maximum absolute atomic E-state index is 12.8. The Labute approximate surface area is 170 Å². The molecule has 0 N–H and O–H groups in total. The van der Waals surface area contributed by atoms with Gasteiger partial charge in [0.1, 0.15) is 17.6 Å². The molecule has 0 atom stereocenters. The number of aryl methyl sites for hydroxylation is 1. The predicted octanol–water partition coefficient (Wildman–Crippen LogP) is 3.32. The molecule has 0 aliphatic rings. The molecular weight excluding hydrogens is 422 g/mol. The lowest BCUT2D eigenvalue weighted by atomic mass is 10.2. The van der Waals surface area contributed by atoms with E-state index in [1.54, 1.807) is 19.1 Å². The van der Waals surface area contributed by atoms with Crippen molar-refractivity contribution in [1.29, 1.82) is 5.26 Å². The molecule has 1 aromatic heterocycles. The molecule has 0 amide bonds. The van der Waals surface area contributed by atoms with Gasteiger partial charge in [0.05, 0.1) is 17.1 Å². The minimum atomic E-state index is -0.260. The molecule has 1 heterocycles. The van der Waals surface area contributed by atoms with E-state index >= 15 is 0 Å². The van der Waals surface area contributed by atoms with Crippen LogP contribution in [0.2, 0.25) is 0 Å². The molecule has 28 heavy (non-hydrogen) atoms. The second-order valence-electron chi connectivity index (χ2n) is 6.25. The monoisotopic (exact) mass is 439 g/mol. The molecule has 0 spiro atoms. The summed E-state index contributed by atoms with van der Waals surface area (Å²) >= 11 is 3.38. The number of rotatable bonds is 5. The molecule has 0 radical (unpaired) electrons. The minimum Gasteiger partial charge on any atom is -0.478 e. The van der Waals surface area contributed by atoms with Crippen molar-refractivity contribution in [2.75, 3.05) is 25.6 Å². The van der Waals surface area contributed by atoms with Crippen molar-refractivity contribution in [1.82, 2.24) is 9.66 Å². The summed E-state index contributed by atoms with van der Waals surface area (Å²) in [4.78, 5) is 19.2.